The van der Waals surface area contributed by atoms with Crippen LogP contribution in [0.15, 0.2) is 6.20 Å². The Labute approximate surface area is 112 Å². The molecule has 3 rings (SSSR count). The van der Waals surface area contributed by atoms with Gasteiger partial charge in [0.2, 0.25) is 5.95 Å². The summed E-state index contributed by atoms with van der Waals surface area (Å²) in [5.74, 6) is 1.48. The fraction of sp³-hybridized carbons (Fsp3) is 0.615. The van der Waals surface area contributed by atoms with Crippen LogP contribution in [-0.4, -0.2) is 32.8 Å². The third-order valence-corrected chi connectivity index (χ3v) is 3.91. The number of anilines is 2. The summed E-state index contributed by atoms with van der Waals surface area (Å²) in [6.07, 6.45) is 8.05. The number of H-pyrrole nitrogens is 1. The predicted molar refractivity (Wildman–Crippen MR) is 76.3 cm³/mol. The molecule has 0 amide bonds. The molecule has 2 heterocycles. The molecule has 19 heavy (non-hydrogen) atoms. The lowest BCUT2D eigenvalue weighted by Gasteiger charge is -2.35. The van der Waals surface area contributed by atoms with Crippen molar-refractivity contribution in [1.29, 1.82) is 0 Å². The first-order valence-electron chi connectivity index (χ1n) is 6.87. The summed E-state index contributed by atoms with van der Waals surface area (Å²) < 4.78 is 0. The molecule has 2 aromatic rings. The van der Waals surface area contributed by atoms with E-state index in [9.17, 15) is 0 Å². The average Bonchev–Trinajstić information content (AvgIpc) is 2.87. The molecule has 0 atom stereocenters. The van der Waals surface area contributed by atoms with Crippen LogP contribution in [0.3, 0.4) is 0 Å². The molecule has 1 fully saturated rings. The van der Waals surface area contributed by atoms with Gasteiger partial charge >= 0.3 is 0 Å². The maximum atomic E-state index is 4.54. The van der Waals surface area contributed by atoms with Gasteiger partial charge in [-0.3, -0.25) is 5.10 Å². The van der Waals surface area contributed by atoms with Crippen LogP contribution in [0.4, 0.5) is 11.8 Å². The summed E-state index contributed by atoms with van der Waals surface area (Å²) in [4.78, 5) is 8.89. The number of aromatic amines is 1. The van der Waals surface area contributed by atoms with Crippen molar-refractivity contribution in [3.63, 3.8) is 0 Å². The van der Waals surface area contributed by atoms with Crippen molar-refractivity contribution >= 4 is 22.8 Å². The maximum Gasteiger partial charge on any atom is 0.226 e. The first-order chi connectivity index (χ1) is 9.20. The summed E-state index contributed by atoms with van der Waals surface area (Å²) in [5, 5.41) is 14.5. The van der Waals surface area contributed by atoms with E-state index in [2.05, 4.69) is 37.7 Å². The zero-order valence-electron chi connectivity index (χ0n) is 11.5. The molecular formula is C13H20N6. The molecular weight excluding hydrogens is 240 g/mol. The van der Waals surface area contributed by atoms with Crippen LogP contribution < -0.4 is 10.6 Å². The van der Waals surface area contributed by atoms with Crippen molar-refractivity contribution in [2.75, 3.05) is 17.7 Å². The molecule has 6 heteroatoms. The molecule has 2 aromatic heterocycles. The smallest absolute Gasteiger partial charge is 0.226 e. The average molecular weight is 260 g/mol. The van der Waals surface area contributed by atoms with E-state index in [0.717, 1.165) is 16.9 Å². The Kier molecular flexibility index (Phi) is 3.00. The van der Waals surface area contributed by atoms with Crippen LogP contribution in [0.1, 0.15) is 39.0 Å². The number of rotatable bonds is 3. The lowest BCUT2D eigenvalue weighted by Crippen LogP contribution is -2.37. The summed E-state index contributed by atoms with van der Waals surface area (Å²) >= 11 is 0. The molecule has 1 aliphatic carbocycles. The van der Waals surface area contributed by atoms with Gasteiger partial charge in [-0.25, -0.2) is 0 Å². The van der Waals surface area contributed by atoms with E-state index in [0.29, 0.717) is 5.95 Å². The van der Waals surface area contributed by atoms with E-state index >= 15 is 0 Å². The molecule has 3 N–H and O–H groups in total. The normalized spacial score (nSPS) is 18.4. The highest BCUT2D eigenvalue weighted by atomic mass is 15.2. The molecule has 0 aromatic carbocycles. The Morgan fingerprint density at radius 2 is 2.00 bits per heavy atom. The quantitative estimate of drug-likeness (QED) is 0.790. The second kappa shape index (κ2) is 4.68. The minimum atomic E-state index is 0.127. The SMILES string of the molecule is CNc1nc(NC2(C)CCCCC2)c2cn[nH]c2n1. The van der Waals surface area contributed by atoms with Gasteiger partial charge in [0.05, 0.1) is 11.6 Å². The third kappa shape index (κ3) is 2.34. The van der Waals surface area contributed by atoms with Crippen LogP contribution in [0, 0.1) is 0 Å². The van der Waals surface area contributed by atoms with Crippen molar-refractivity contribution in [3.05, 3.63) is 6.20 Å². The molecule has 1 aliphatic rings. The zero-order valence-corrected chi connectivity index (χ0v) is 11.5. The highest BCUT2D eigenvalue weighted by molar-refractivity contribution is 5.87. The van der Waals surface area contributed by atoms with Gasteiger partial charge in [0.25, 0.3) is 0 Å². The van der Waals surface area contributed by atoms with Gasteiger partial charge < -0.3 is 10.6 Å². The van der Waals surface area contributed by atoms with Crippen LogP contribution in [0.2, 0.25) is 0 Å². The molecule has 0 bridgehead atoms. The lowest BCUT2D eigenvalue weighted by atomic mass is 9.83. The molecule has 0 aliphatic heterocycles. The number of fused-ring (bicyclic) bond motifs is 1. The Morgan fingerprint density at radius 3 is 2.74 bits per heavy atom. The molecule has 0 radical (unpaired) electrons. The van der Waals surface area contributed by atoms with Gasteiger partial charge in [0.15, 0.2) is 5.65 Å². The molecule has 0 unspecified atom stereocenters. The standard InChI is InChI=1S/C13H20N6/c1-13(6-4-3-5-7-13)18-10-9-8-15-19-11(9)17-12(14-2)16-10/h8H,3-7H2,1-2H3,(H3,14,15,16,17,18,19). The number of nitrogens with one attached hydrogen (secondary N) is 3. The van der Waals surface area contributed by atoms with Crippen LogP contribution in [0.5, 0.6) is 0 Å². The maximum absolute atomic E-state index is 4.54. The van der Waals surface area contributed by atoms with Crippen LogP contribution >= 0.6 is 0 Å². The van der Waals surface area contributed by atoms with Crippen LogP contribution in [0.25, 0.3) is 11.0 Å². The fourth-order valence-electron chi connectivity index (χ4n) is 2.78. The largest absolute Gasteiger partial charge is 0.364 e. The van der Waals surface area contributed by atoms with Gasteiger partial charge in [0, 0.05) is 12.6 Å². The summed E-state index contributed by atoms with van der Waals surface area (Å²) in [7, 11) is 1.82. The number of hydrogen-bond acceptors (Lipinski definition) is 5. The lowest BCUT2D eigenvalue weighted by molar-refractivity contribution is 0.349. The first-order valence-corrected chi connectivity index (χ1v) is 6.87. The number of hydrogen-bond donors (Lipinski definition) is 3. The van der Waals surface area contributed by atoms with Crippen molar-refractivity contribution in [1.82, 2.24) is 20.2 Å². The zero-order chi connectivity index (χ0) is 13.3. The van der Waals surface area contributed by atoms with Crippen molar-refractivity contribution < 1.29 is 0 Å². The van der Waals surface area contributed by atoms with Crippen molar-refractivity contribution in [3.8, 4) is 0 Å². The van der Waals surface area contributed by atoms with Gasteiger partial charge in [-0.1, -0.05) is 19.3 Å². The van der Waals surface area contributed by atoms with Crippen molar-refractivity contribution in [2.45, 2.75) is 44.6 Å². The third-order valence-electron chi connectivity index (χ3n) is 3.91. The number of nitrogens with zero attached hydrogens (tertiary/aromatic N) is 3. The Morgan fingerprint density at radius 1 is 1.21 bits per heavy atom. The topological polar surface area (TPSA) is 78.5 Å². The van der Waals surface area contributed by atoms with E-state index in [1.807, 2.05) is 7.05 Å². The second-order valence-electron chi connectivity index (χ2n) is 5.52. The van der Waals surface area contributed by atoms with Gasteiger partial charge in [-0.2, -0.15) is 15.1 Å². The minimum Gasteiger partial charge on any atom is -0.364 e. The van der Waals surface area contributed by atoms with Crippen molar-refractivity contribution in [2.24, 2.45) is 0 Å². The number of aromatic nitrogens is 4. The second-order valence-corrected chi connectivity index (χ2v) is 5.52. The monoisotopic (exact) mass is 260 g/mol. The molecule has 6 nitrogen and oxygen atoms in total. The van der Waals surface area contributed by atoms with Gasteiger partial charge in [0.1, 0.15) is 5.82 Å². The highest BCUT2D eigenvalue weighted by Gasteiger charge is 2.27. The molecule has 1 saturated carbocycles. The summed E-state index contributed by atoms with van der Waals surface area (Å²) in [6, 6.07) is 0. The van der Waals surface area contributed by atoms with Crippen LogP contribution in [-0.2, 0) is 0 Å². The minimum absolute atomic E-state index is 0.127. The van der Waals surface area contributed by atoms with E-state index in [4.69, 9.17) is 0 Å². The van der Waals surface area contributed by atoms with E-state index < -0.39 is 0 Å². The highest BCUT2D eigenvalue weighted by Crippen LogP contribution is 2.32. The fourth-order valence-corrected chi connectivity index (χ4v) is 2.78. The molecule has 0 spiro atoms. The van der Waals surface area contributed by atoms with E-state index in [-0.39, 0.29) is 5.54 Å². The summed E-state index contributed by atoms with van der Waals surface area (Å²) in [6.45, 7) is 2.28. The Bertz CT molecular complexity index is 570. The van der Waals surface area contributed by atoms with E-state index in [1.54, 1.807) is 6.20 Å². The van der Waals surface area contributed by atoms with Gasteiger partial charge in [-0.05, 0) is 19.8 Å². The first kappa shape index (κ1) is 12.2. The Hall–Kier alpha value is -1.85. The van der Waals surface area contributed by atoms with E-state index in [1.165, 1.54) is 32.1 Å². The Balaban J connectivity index is 1.96. The van der Waals surface area contributed by atoms with Gasteiger partial charge in [-0.15, -0.1) is 0 Å². The summed E-state index contributed by atoms with van der Waals surface area (Å²) in [5.41, 5.74) is 0.892. The predicted octanol–water partition coefficient (Wildman–Crippen LogP) is 2.53. The molecule has 102 valence electrons. The molecule has 0 saturated heterocycles.